The highest BCUT2D eigenvalue weighted by atomic mass is 19.1. The highest BCUT2D eigenvalue weighted by molar-refractivity contribution is 5.87. The lowest BCUT2D eigenvalue weighted by Crippen LogP contribution is -2.42. The van der Waals surface area contributed by atoms with E-state index < -0.39 is 11.6 Å². The first-order valence-corrected chi connectivity index (χ1v) is 13.5. The molecule has 0 bridgehead atoms. The third kappa shape index (κ3) is 4.95. The van der Waals surface area contributed by atoms with Crippen molar-refractivity contribution in [2.75, 3.05) is 26.3 Å². The summed E-state index contributed by atoms with van der Waals surface area (Å²) in [6, 6.07) is 15.5. The summed E-state index contributed by atoms with van der Waals surface area (Å²) in [5.41, 5.74) is 4.90. The van der Waals surface area contributed by atoms with E-state index in [1.54, 1.807) is 6.07 Å². The summed E-state index contributed by atoms with van der Waals surface area (Å²) in [6.07, 6.45) is 8.12. The lowest BCUT2D eigenvalue weighted by Gasteiger charge is -2.28. The number of halogens is 2. The predicted molar refractivity (Wildman–Crippen MR) is 144 cm³/mol. The molecule has 0 atom stereocenters. The molecule has 1 aliphatic heterocycles. The summed E-state index contributed by atoms with van der Waals surface area (Å²) in [7, 11) is 0. The standard InChI is InChI=1S/C31H31F2N3O2/c32-24-8-9-26(27(33)19-24)29-11-6-22-18-23(7-10-28(22)34-29)31-25(21-4-2-1-3-5-21)12-13-36(31)20-30(37)35-14-16-38-17-15-35/h6-13,18-19,21H,1-5,14-17,20H2. The van der Waals surface area contributed by atoms with Crippen LogP contribution in [-0.4, -0.2) is 46.7 Å². The Morgan fingerprint density at radius 3 is 2.55 bits per heavy atom. The number of carbonyl (C=O) groups excluding carboxylic acids is 1. The number of fused-ring (bicyclic) bond motifs is 1. The number of rotatable bonds is 5. The second kappa shape index (κ2) is 10.7. The maximum absolute atomic E-state index is 14.4. The fourth-order valence-corrected chi connectivity index (χ4v) is 5.88. The number of hydrogen-bond donors (Lipinski definition) is 0. The number of benzene rings is 2. The Labute approximate surface area is 221 Å². The fraction of sp³-hybridized carbons (Fsp3) is 0.355. The Hall–Kier alpha value is -3.58. The number of morpholine rings is 1. The monoisotopic (exact) mass is 515 g/mol. The van der Waals surface area contributed by atoms with Crippen molar-refractivity contribution in [2.24, 2.45) is 0 Å². The number of nitrogens with zero attached hydrogens (tertiary/aromatic N) is 3. The van der Waals surface area contributed by atoms with Crippen molar-refractivity contribution >= 4 is 16.8 Å². The van der Waals surface area contributed by atoms with E-state index in [9.17, 15) is 13.6 Å². The molecule has 5 nitrogen and oxygen atoms in total. The van der Waals surface area contributed by atoms with Gasteiger partial charge in [0.05, 0.1) is 30.1 Å². The summed E-state index contributed by atoms with van der Waals surface area (Å²) >= 11 is 0. The molecule has 0 N–H and O–H groups in total. The molecule has 0 unspecified atom stereocenters. The Kier molecular flexibility index (Phi) is 6.94. The van der Waals surface area contributed by atoms with Crippen molar-refractivity contribution in [3.63, 3.8) is 0 Å². The van der Waals surface area contributed by atoms with Gasteiger partial charge in [0.25, 0.3) is 0 Å². The summed E-state index contributed by atoms with van der Waals surface area (Å²) in [5.74, 6) is -0.654. The molecule has 0 radical (unpaired) electrons. The molecule has 1 saturated heterocycles. The number of amides is 1. The number of aromatic nitrogens is 2. The van der Waals surface area contributed by atoms with Gasteiger partial charge in [0, 0.05) is 36.3 Å². The van der Waals surface area contributed by atoms with E-state index in [-0.39, 0.29) is 11.5 Å². The zero-order valence-electron chi connectivity index (χ0n) is 21.3. The van der Waals surface area contributed by atoms with Crippen LogP contribution in [0.1, 0.15) is 43.6 Å². The number of pyridine rings is 1. The predicted octanol–water partition coefficient (Wildman–Crippen LogP) is 6.56. The number of carbonyl (C=O) groups is 1. The van der Waals surface area contributed by atoms with Gasteiger partial charge >= 0.3 is 0 Å². The Morgan fingerprint density at radius 1 is 0.947 bits per heavy atom. The van der Waals surface area contributed by atoms with Crippen molar-refractivity contribution in [3.8, 4) is 22.5 Å². The minimum atomic E-state index is -0.631. The highest BCUT2D eigenvalue weighted by Gasteiger charge is 2.24. The molecule has 0 spiro atoms. The second-order valence-corrected chi connectivity index (χ2v) is 10.3. The fourth-order valence-electron chi connectivity index (χ4n) is 5.88. The Balaban J connectivity index is 1.37. The minimum Gasteiger partial charge on any atom is -0.378 e. The van der Waals surface area contributed by atoms with Gasteiger partial charge in [0.1, 0.15) is 18.2 Å². The molecule has 1 amide bonds. The zero-order valence-corrected chi connectivity index (χ0v) is 21.3. The largest absolute Gasteiger partial charge is 0.378 e. The lowest BCUT2D eigenvalue weighted by molar-refractivity contribution is -0.135. The minimum absolute atomic E-state index is 0.105. The Morgan fingerprint density at radius 2 is 1.76 bits per heavy atom. The molecule has 2 aromatic heterocycles. The third-order valence-corrected chi connectivity index (χ3v) is 7.88. The summed E-state index contributed by atoms with van der Waals surface area (Å²) in [6.45, 7) is 2.71. The maximum Gasteiger partial charge on any atom is 0.242 e. The smallest absolute Gasteiger partial charge is 0.242 e. The molecule has 3 heterocycles. The third-order valence-electron chi connectivity index (χ3n) is 7.88. The van der Waals surface area contributed by atoms with Crippen molar-refractivity contribution in [1.82, 2.24) is 14.5 Å². The lowest BCUT2D eigenvalue weighted by atomic mass is 9.83. The van der Waals surface area contributed by atoms with Gasteiger partial charge in [-0.05, 0) is 66.3 Å². The molecule has 1 saturated carbocycles. The van der Waals surface area contributed by atoms with Gasteiger partial charge in [0.2, 0.25) is 5.91 Å². The van der Waals surface area contributed by atoms with Crippen LogP contribution in [-0.2, 0) is 16.1 Å². The van der Waals surface area contributed by atoms with Crippen LogP contribution in [0.25, 0.3) is 33.4 Å². The maximum atomic E-state index is 14.4. The normalized spacial score (nSPS) is 16.7. The number of hydrogen-bond acceptors (Lipinski definition) is 3. The topological polar surface area (TPSA) is 47.4 Å². The first-order chi connectivity index (χ1) is 18.6. The highest BCUT2D eigenvalue weighted by Crippen LogP contribution is 2.39. The molecule has 2 aromatic carbocycles. The molecule has 4 aromatic rings. The van der Waals surface area contributed by atoms with Gasteiger partial charge in [0.15, 0.2) is 0 Å². The van der Waals surface area contributed by atoms with Gasteiger partial charge in [-0.1, -0.05) is 31.4 Å². The molecular formula is C31H31F2N3O2. The van der Waals surface area contributed by atoms with Gasteiger partial charge in [-0.2, -0.15) is 0 Å². The van der Waals surface area contributed by atoms with Gasteiger partial charge < -0.3 is 14.2 Å². The first-order valence-electron chi connectivity index (χ1n) is 13.5. The molecule has 1 aliphatic carbocycles. The van der Waals surface area contributed by atoms with Crippen LogP contribution in [0.15, 0.2) is 60.8 Å². The van der Waals surface area contributed by atoms with Crippen LogP contribution >= 0.6 is 0 Å². The van der Waals surface area contributed by atoms with E-state index in [1.165, 1.54) is 37.0 Å². The van der Waals surface area contributed by atoms with Crippen LogP contribution < -0.4 is 0 Å². The Bertz CT molecular complexity index is 1470. The van der Waals surface area contributed by atoms with E-state index in [0.717, 1.165) is 41.1 Å². The summed E-state index contributed by atoms with van der Waals surface area (Å²) < 4.78 is 35.3. The number of ether oxygens (including phenoxy) is 1. The second-order valence-electron chi connectivity index (χ2n) is 10.3. The van der Waals surface area contributed by atoms with E-state index in [1.807, 2.05) is 23.1 Å². The molecular weight excluding hydrogens is 484 g/mol. The molecule has 196 valence electrons. The van der Waals surface area contributed by atoms with Crippen molar-refractivity contribution in [2.45, 2.75) is 44.6 Å². The summed E-state index contributed by atoms with van der Waals surface area (Å²) in [5, 5.41) is 0.926. The van der Waals surface area contributed by atoms with Crippen LogP contribution in [0.2, 0.25) is 0 Å². The van der Waals surface area contributed by atoms with Crippen molar-refractivity contribution < 1.29 is 18.3 Å². The van der Waals surface area contributed by atoms with Crippen molar-refractivity contribution in [3.05, 3.63) is 78.0 Å². The molecule has 7 heteroatoms. The molecule has 38 heavy (non-hydrogen) atoms. The van der Waals surface area contributed by atoms with Crippen LogP contribution in [0, 0.1) is 11.6 Å². The molecule has 2 aliphatic rings. The average Bonchev–Trinajstić information content (AvgIpc) is 3.37. The van der Waals surface area contributed by atoms with Crippen LogP contribution in [0.5, 0.6) is 0 Å². The quantitative estimate of drug-likeness (QED) is 0.303. The van der Waals surface area contributed by atoms with Gasteiger partial charge in [-0.15, -0.1) is 0 Å². The SMILES string of the molecule is O=C(Cn1ccc(C2CCCCC2)c1-c1ccc2nc(-c3ccc(F)cc3F)ccc2c1)N1CCOCC1. The van der Waals surface area contributed by atoms with E-state index in [2.05, 4.69) is 27.9 Å². The first kappa shape index (κ1) is 24.7. The van der Waals surface area contributed by atoms with Crippen LogP contribution in [0.4, 0.5) is 8.78 Å². The zero-order chi connectivity index (χ0) is 26.1. The average molecular weight is 516 g/mol. The van der Waals surface area contributed by atoms with Gasteiger partial charge in [-0.25, -0.2) is 13.8 Å². The van der Waals surface area contributed by atoms with E-state index in [0.29, 0.717) is 44.5 Å². The van der Waals surface area contributed by atoms with Gasteiger partial charge in [-0.3, -0.25) is 4.79 Å². The van der Waals surface area contributed by atoms with Crippen LogP contribution in [0.3, 0.4) is 0 Å². The molecule has 2 fully saturated rings. The summed E-state index contributed by atoms with van der Waals surface area (Å²) in [4.78, 5) is 19.7. The van der Waals surface area contributed by atoms with E-state index >= 15 is 0 Å². The molecule has 6 rings (SSSR count). The van der Waals surface area contributed by atoms with Crippen molar-refractivity contribution in [1.29, 1.82) is 0 Å². The van der Waals surface area contributed by atoms with E-state index in [4.69, 9.17) is 4.74 Å².